The molecule has 1 fully saturated rings. The van der Waals surface area contributed by atoms with E-state index in [4.69, 9.17) is 5.73 Å². The number of nitrogens with zero attached hydrogens (tertiary/aromatic N) is 2. The molecule has 18 heavy (non-hydrogen) atoms. The fourth-order valence-electron chi connectivity index (χ4n) is 2.13. The Bertz CT molecular complexity index is 416. The van der Waals surface area contributed by atoms with Gasteiger partial charge < -0.3 is 20.9 Å². The third kappa shape index (κ3) is 2.56. The maximum Gasteiger partial charge on any atom is 0.318 e. The lowest BCUT2D eigenvalue weighted by molar-refractivity contribution is 0.218. The molecule has 1 saturated heterocycles. The SMILES string of the molecule is CN(C)c1ccc(C2CN(CCN)C(=O)N2)cc1. The Kier molecular flexibility index (Phi) is 3.72. The van der Waals surface area contributed by atoms with Crippen molar-refractivity contribution in [2.24, 2.45) is 5.73 Å². The zero-order valence-corrected chi connectivity index (χ0v) is 10.9. The van der Waals surface area contributed by atoms with Crippen LogP contribution in [0.25, 0.3) is 0 Å². The second-order valence-electron chi connectivity index (χ2n) is 4.72. The largest absolute Gasteiger partial charge is 0.378 e. The molecule has 5 nitrogen and oxygen atoms in total. The summed E-state index contributed by atoms with van der Waals surface area (Å²) in [6.07, 6.45) is 0. The number of hydrogen-bond acceptors (Lipinski definition) is 3. The number of hydrogen-bond donors (Lipinski definition) is 2. The van der Waals surface area contributed by atoms with Crippen LogP contribution in [0.4, 0.5) is 10.5 Å². The van der Waals surface area contributed by atoms with Crippen LogP contribution in [0.15, 0.2) is 24.3 Å². The molecule has 1 heterocycles. The Morgan fingerprint density at radius 3 is 2.61 bits per heavy atom. The van der Waals surface area contributed by atoms with E-state index >= 15 is 0 Å². The van der Waals surface area contributed by atoms with Gasteiger partial charge in [0.25, 0.3) is 0 Å². The third-order valence-electron chi connectivity index (χ3n) is 3.20. The summed E-state index contributed by atoms with van der Waals surface area (Å²) in [6, 6.07) is 8.29. The first-order chi connectivity index (χ1) is 8.61. The number of urea groups is 1. The number of nitrogens with two attached hydrogens (primary N) is 1. The van der Waals surface area contributed by atoms with Crippen molar-refractivity contribution in [3.8, 4) is 0 Å². The normalized spacial score (nSPS) is 18.9. The minimum atomic E-state index is -0.0258. The lowest BCUT2D eigenvalue weighted by Gasteiger charge is -2.15. The van der Waals surface area contributed by atoms with Gasteiger partial charge in [0.15, 0.2) is 0 Å². The Balaban J connectivity index is 2.07. The van der Waals surface area contributed by atoms with Crippen LogP contribution >= 0.6 is 0 Å². The van der Waals surface area contributed by atoms with Gasteiger partial charge in [-0.1, -0.05) is 12.1 Å². The van der Waals surface area contributed by atoms with E-state index in [9.17, 15) is 4.79 Å². The van der Waals surface area contributed by atoms with E-state index in [2.05, 4.69) is 34.5 Å². The predicted molar refractivity (Wildman–Crippen MR) is 72.7 cm³/mol. The quantitative estimate of drug-likeness (QED) is 0.827. The van der Waals surface area contributed by atoms with Crippen molar-refractivity contribution in [3.05, 3.63) is 29.8 Å². The summed E-state index contributed by atoms with van der Waals surface area (Å²) in [5, 5.41) is 2.97. The summed E-state index contributed by atoms with van der Waals surface area (Å²) in [5.41, 5.74) is 7.77. The number of nitrogens with one attached hydrogen (secondary N) is 1. The molecular weight excluding hydrogens is 228 g/mol. The maximum atomic E-state index is 11.7. The Morgan fingerprint density at radius 1 is 1.39 bits per heavy atom. The number of benzene rings is 1. The van der Waals surface area contributed by atoms with E-state index < -0.39 is 0 Å². The van der Waals surface area contributed by atoms with Crippen LogP contribution in [-0.2, 0) is 0 Å². The fraction of sp³-hybridized carbons (Fsp3) is 0.462. The molecule has 1 aromatic rings. The van der Waals surface area contributed by atoms with Crippen LogP contribution in [0.5, 0.6) is 0 Å². The average Bonchev–Trinajstić information content (AvgIpc) is 2.72. The molecular formula is C13H20N4O. The van der Waals surface area contributed by atoms with Gasteiger partial charge in [0, 0.05) is 39.4 Å². The third-order valence-corrected chi connectivity index (χ3v) is 3.20. The fourth-order valence-corrected chi connectivity index (χ4v) is 2.13. The molecule has 0 bridgehead atoms. The minimum Gasteiger partial charge on any atom is -0.378 e. The molecule has 5 heteroatoms. The topological polar surface area (TPSA) is 61.6 Å². The summed E-state index contributed by atoms with van der Waals surface area (Å²) in [4.78, 5) is 15.5. The van der Waals surface area contributed by atoms with Crippen molar-refractivity contribution in [1.82, 2.24) is 10.2 Å². The van der Waals surface area contributed by atoms with Gasteiger partial charge in [-0.3, -0.25) is 0 Å². The van der Waals surface area contributed by atoms with Crippen LogP contribution in [0, 0.1) is 0 Å². The van der Waals surface area contributed by atoms with Gasteiger partial charge in [-0.2, -0.15) is 0 Å². The summed E-state index contributed by atoms with van der Waals surface area (Å²) in [5.74, 6) is 0. The van der Waals surface area contributed by atoms with Gasteiger partial charge in [-0.05, 0) is 17.7 Å². The second kappa shape index (κ2) is 5.27. The lowest BCUT2D eigenvalue weighted by atomic mass is 10.1. The van der Waals surface area contributed by atoms with Crippen LogP contribution < -0.4 is 16.0 Å². The van der Waals surface area contributed by atoms with Gasteiger partial charge in [0.1, 0.15) is 0 Å². The zero-order chi connectivity index (χ0) is 13.1. The highest BCUT2D eigenvalue weighted by Gasteiger charge is 2.28. The molecule has 1 aliphatic rings. The number of carbonyl (C=O) groups is 1. The first-order valence-corrected chi connectivity index (χ1v) is 6.14. The monoisotopic (exact) mass is 248 g/mol. The van der Waals surface area contributed by atoms with Gasteiger partial charge in [-0.15, -0.1) is 0 Å². The molecule has 2 rings (SSSR count). The molecule has 1 aromatic carbocycles. The molecule has 0 aliphatic carbocycles. The molecule has 0 radical (unpaired) electrons. The lowest BCUT2D eigenvalue weighted by Crippen LogP contribution is -2.32. The van der Waals surface area contributed by atoms with Crippen LogP contribution in [0.2, 0.25) is 0 Å². The van der Waals surface area contributed by atoms with Crippen LogP contribution in [0.1, 0.15) is 11.6 Å². The van der Waals surface area contributed by atoms with Crippen molar-refractivity contribution in [1.29, 1.82) is 0 Å². The summed E-state index contributed by atoms with van der Waals surface area (Å²) in [7, 11) is 4.02. The molecule has 0 spiro atoms. The smallest absolute Gasteiger partial charge is 0.318 e. The number of anilines is 1. The van der Waals surface area contributed by atoms with Crippen molar-refractivity contribution in [3.63, 3.8) is 0 Å². The minimum absolute atomic E-state index is 0.0258. The Hall–Kier alpha value is -1.75. The maximum absolute atomic E-state index is 11.7. The van der Waals surface area contributed by atoms with Crippen molar-refractivity contribution < 1.29 is 4.79 Å². The van der Waals surface area contributed by atoms with E-state index in [1.807, 2.05) is 14.1 Å². The highest BCUT2D eigenvalue weighted by molar-refractivity contribution is 5.77. The van der Waals surface area contributed by atoms with Gasteiger partial charge in [0.05, 0.1) is 6.04 Å². The molecule has 1 aliphatic heterocycles. The molecule has 0 aromatic heterocycles. The van der Waals surface area contributed by atoms with Gasteiger partial charge in [-0.25, -0.2) is 4.79 Å². The van der Waals surface area contributed by atoms with Gasteiger partial charge >= 0.3 is 6.03 Å². The van der Waals surface area contributed by atoms with Crippen LogP contribution in [-0.4, -0.2) is 44.7 Å². The zero-order valence-electron chi connectivity index (χ0n) is 10.9. The average molecular weight is 248 g/mol. The summed E-state index contributed by atoms with van der Waals surface area (Å²) >= 11 is 0. The first kappa shape index (κ1) is 12.7. The Labute approximate surface area is 108 Å². The molecule has 3 N–H and O–H groups in total. The van der Waals surface area contributed by atoms with Crippen molar-refractivity contribution in [2.45, 2.75) is 6.04 Å². The number of rotatable bonds is 4. The highest BCUT2D eigenvalue weighted by Crippen LogP contribution is 2.22. The predicted octanol–water partition coefficient (Wildman–Crippen LogP) is 0.778. The standard InChI is InChI=1S/C13H20N4O/c1-16(2)11-5-3-10(4-6-11)12-9-17(8-7-14)13(18)15-12/h3-6,12H,7-9,14H2,1-2H3,(H,15,18). The molecule has 1 atom stereocenters. The number of carbonyl (C=O) groups excluding carboxylic acids is 1. The molecule has 98 valence electrons. The number of amides is 2. The summed E-state index contributed by atoms with van der Waals surface area (Å²) in [6.45, 7) is 1.80. The van der Waals surface area contributed by atoms with E-state index in [1.54, 1.807) is 4.90 Å². The van der Waals surface area contributed by atoms with E-state index in [1.165, 1.54) is 0 Å². The van der Waals surface area contributed by atoms with E-state index in [0.717, 1.165) is 11.3 Å². The highest BCUT2D eigenvalue weighted by atomic mass is 16.2. The molecule has 2 amide bonds. The molecule has 0 saturated carbocycles. The van der Waals surface area contributed by atoms with E-state index in [-0.39, 0.29) is 12.1 Å². The second-order valence-corrected chi connectivity index (χ2v) is 4.72. The first-order valence-electron chi connectivity index (χ1n) is 6.14. The van der Waals surface area contributed by atoms with E-state index in [0.29, 0.717) is 19.6 Å². The van der Waals surface area contributed by atoms with Crippen molar-refractivity contribution in [2.75, 3.05) is 38.6 Å². The summed E-state index contributed by atoms with van der Waals surface area (Å²) < 4.78 is 0. The van der Waals surface area contributed by atoms with Gasteiger partial charge in [0.2, 0.25) is 0 Å². The molecule has 1 unspecified atom stereocenters. The Morgan fingerprint density at radius 2 is 2.06 bits per heavy atom. The van der Waals surface area contributed by atoms with Crippen molar-refractivity contribution >= 4 is 11.7 Å². The van der Waals surface area contributed by atoms with Crippen LogP contribution in [0.3, 0.4) is 0 Å².